The molecule has 151 valence electrons. The molecule has 7 nitrogen and oxygen atoms in total. The van der Waals surface area contributed by atoms with Crippen LogP contribution in [0.25, 0.3) is 11.4 Å². The van der Waals surface area contributed by atoms with Crippen LogP contribution in [0.5, 0.6) is 0 Å². The number of nitrogens with zero attached hydrogens (tertiary/aromatic N) is 4. The fourth-order valence-electron chi connectivity index (χ4n) is 3.24. The van der Waals surface area contributed by atoms with Gasteiger partial charge >= 0.3 is 0 Å². The van der Waals surface area contributed by atoms with Gasteiger partial charge < -0.3 is 9.42 Å². The van der Waals surface area contributed by atoms with Gasteiger partial charge in [0.2, 0.25) is 21.7 Å². The molecule has 1 fully saturated rings. The number of piperazine rings is 1. The van der Waals surface area contributed by atoms with Gasteiger partial charge in [-0.05, 0) is 36.4 Å². The molecule has 2 heterocycles. The highest BCUT2D eigenvalue weighted by Crippen LogP contribution is 2.31. The van der Waals surface area contributed by atoms with Crippen LogP contribution >= 0.6 is 23.2 Å². The normalized spacial score (nSPS) is 15.6. The molecule has 0 unspecified atom stereocenters. The van der Waals surface area contributed by atoms with Crippen molar-refractivity contribution < 1.29 is 12.9 Å². The highest BCUT2D eigenvalue weighted by Gasteiger charge is 2.30. The van der Waals surface area contributed by atoms with E-state index in [-0.39, 0.29) is 9.92 Å². The highest BCUT2D eigenvalue weighted by atomic mass is 35.5. The third kappa shape index (κ3) is 3.98. The van der Waals surface area contributed by atoms with Crippen molar-refractivity contribution in [2.75, 3.05) is 31.1 Å². The maximum absolute atomic E-state index is 13.0. The van der Waals surface area contributed by atoms with Crippen LogP contribution < -0.4 is 4.90 Å². The zero-order valence-electron chi connectivity index (χ0n) is 15.5. The van der Waals surface area contributed by atoms with Gasteiger partial charge in [0.25, 0.3) is 0 Å². The molecule has 1 radical (unpaired) electrons. The van der Waals surface area contributed by atoms with E-state index in [1.807, 2.05) is 12.1 Å². The molecular weight excluding hydrogens is 435 g/mol. The Bertz CT molecular complexity index is 1140. The molecule has 0 spiro atoms. The lowest BCUT2D eigenvalue weighted by Crippen LogP contribution is -2.48. The fraction of sp³-hybridized carbons (Fsp3) is 0.263. The van der Waals surface area contributed by atoms with Crippen LogP contribution in [0.3, 0.4) is 0 Å². The molecule has 0 aliphatic carbocycles. The SMILES string of the molecule is Cc1nc(-c2c[c]ccc2N2CCN(S(=O)(=O)c3ccc(Cl)c(Cl)c3)CC2)no1. The van der Waals surface area contributed by atoms with Crippen molar-refractivity contribution in [3.8, 4) is 11.4 Å². The van der Waals surface area contributed by atoms with E-state index in [1.54, 1.807) is 13.0 Å². The van der Waals surface area contributed by atoms with Crippen molar-refractivity contribution in [2.45, 2.75) is 11.8 Å². The fourth-order valence-corrected chi connectivity index (χ4v) is 5.05. The largest absolute Gasteiger partial charge is 0.368 e. The van der Waals surface area contributed by atoms with E-state index in [0.29, 0.717) is 42.9 Å². The maximum Gasteiger partial charge on any atom is 0.243 e. The van der Waals surface area contributed by atoms with E-state index < -0.39 is 10.0 Å². The summed E-state index contributed by atoms with van der Waals surface area (Å²) in [7, 11) is -3.65. The van der Waals surface area contributed by atoms with Crippen LogP contribution in [0.15, 0.2) is 45.8 Å². The Balaban J connectivity index is 1.54. The van der Waals surface area contributed by atoms with Gasteiger partial charge in [0, 0.05) is 44.4 Å². The summed E-state index contributed by atoms with van der Waals surface area (Å²) < 4.78 is 32.5. The van der Waals surface area contributed by atoms with Crippen molar-refractivity contribution in [3.05, 3.63) is 58.4 Å². The number of hydrogen-bond donors (Lipinski definition) is 0. The molecule has 1 aliphatic rings. The van der Waals surface area contributed by atoms with E-state index in [4.69, 9.17) is 27.7 Å². The molecule has 0 bridgehead atoms. The summed E-state index contributed by atoms with van der Waals surface area (Å²) in [6, 6.07) is 12.9. The number of rotatable bonds is 4. The Labute approximate surface area is 178 Å². The first-order chi connectivity index (χ1) is 13.9. The van der Waals surface area contributed by atoms with Crippen LogP contribution in [-0.2, 0) is 10.0 Å². The summed E-state index contributed by atoms with van der Waals surface area (Å²) >= 11 is 11.9. The van der Waals surface area contributed by atoms with E-state index in [2.05, 4.69) is 21.1 Å². The van der Waals surface area contributed by atoms with Crippen molar-refractivity contribution >= 4 is 38.9 Å². The van der Waals surface area contributed by atoms with Gasteiger partial charge in [-0.1, -0.05) is 34.4 Å². The topological polar surface area (TPSA) is 79.5 Å². The van der Waals surface area contributed by atoms with Crippen LogP contribution in [0.4, 0.5) is 5.69 Å². The van der Waals surface area contributed by atoms with Crippen LogP contribution in [0.1, 0.15) is 5.89 Å². The average Bonchev–Trinajstić information content (AvgIpc) is 3.16. The maximum atomic E-state index is 13.0. The first-order valence-electron chi connectivity index (χ1n) is 8.87. The molecule has 1 aromatic heterocycles. The molecular formula is C19H17Cl2N4O3S. The molecule has 0 atom stereocenters. The van der Waals surface area contributed by atoms with Gasteiger partial charge in [0.05, 0.1) is 14.9 Å². The summed E-state index contributed by atoms with van der Waals surface area (Å²) in [6.45, 7) is 3.45. The smallest absolute Gasteiger partial charge is 0.243 e. The quantitative estimate of drug-likeness (QED) is 0.601. The Kier molecular flexibility index (Phi) is 5.52. The standard InChI is InChI=1S/C19H17Cl2N4O3S/c1-13-22-19(23-28-13)15-4-2-3-5-18(15)24-8-10-25(11-9-24)29(26,27)14-6-7-16(20)17(21)12-14/h3-7,12H,8-11H2,1H3. The van der Waals surface area contributed by atoms with E-state index >= 15 is 0 Å². The second-order valence-electron chi connectivity index (χ2n) is 6.55. The molecule has 29 heavy (non-hydrogen) atoms. The van der Waals surface area contributed by atoms with Gasteiger partial charge in [0.15, 0.2) is 0 Å². The molecule has 10 heteroatoms. The minimum absolute atomic E-state index is 0.137. The number of sulfonamides is 1. The molecule has 1 saturated heterocycles. The monoisotopic (exact) mass is 451 g/mol. The lowest BCUT2D eigenvalue weighted by atomic mass is 10.1. The van der Waals surface area contributed by atoms with E-state index in [0.717, 1.165) is 11.3 Å². The molecule has 0 amide bonds. The second kappa shape index (κ2) is 7.95. The van der Waals surface area contributed by atoms with Crippen molar-refractivity contribution in [2.24, 2.45) is 0 Å². The van der Waals surface area contributed by atoms with Gasteiger partial charge in [-0.2, -0.15) is 9.29 Å². The van der Waals surface area contributed by atoms with Crippen molar-refractivity contribution in [1.29, 1.82) is 0 Å². The number of anilines is 1. The zero-order valence-corrected chi connectivity index (χ0v) is 17.8. The number of aromatic nitrogens is 2. The second-order valence-corrected chi connectivity index (χ2v) is 9.30. The Morgan fingerprint density at radius 3 is 2.52 bits per heavy atom. The minimum atomic E-state index is -3.65. The summed E-state index contributed by atoms with van der Waals surface area (Å²) in [5.74, 6) is 0.965. The summed E-state index contributed by atoms with van der Waals surface area (Å²) in [5, 5.41) is 4.52. The summed E-state index contributed by atoms with van der Waals surface area (Å²) in [5.41, 5.74) is 1.71. The Morgan fingerprint density at radius 1 is 1.10 bits per heavy atom. The third-order valence-electron chi connectivity index (χ3n) is 4.72. The minimum Gasteiger partial charge on any atom is -0.368 e. The van der Waals surface area contributed by atoms with Crippen molar-refractivity contribution in [3.63, 3.8) is 0 Å². The molecule has 3 aromatic rings. The lowest BCUT2D eigenvalue weighted by Gasteiger charge is -2.36. The first-order valence-corrected chi connectivity index (χ1v) is 11.1. The predicted molar refractivity (Wildman–Crippen MR) is 111 cm³/mol. The third-order valence-corrected chi connectivity index (χ3v) is 7.35. The van der Waals surface area contributed by atoms with Crippen LogP contribution in [0.2, 0.25) is 10.0 Å². The lowest BCUT2D eigenvalue weighted by molar-refractivity contribution is 0.385. The molecule has 4 rings (SSSR count). The zero-order chi connectivity index (χ0) is 20.6. The molecule has 0 N–H and O–H groups in total. The molecule has 1 aliphatic heterocycles. The Morgan fingerprint density at radius 2 is 1.86 bits per heavy atom. The number of halogens is 2. The van der Waals surface area contributed by atoms with E-state index in [9.17, 15) is 8.42 Å². The van der Waals surface area contributed by atoms with Gasteiger partial charge in [-0.3, -0.25) is 0 Å². The summed E-state index contributed by atoms with van der Waals surface area (Å²) in [6.07, 6.45) is 0. The highest BCUT2D eigenvalue weighted by molar-refractivity contribution is 7.89. The van der Waals surface area contributed by atoms with Gasteiger partial charge in [-0.25, -0.2) is 8.42 Å². The predicted octanol–water partition coefficient (Wildman–Crippen LogP) is 3.66. The molecule has 0 saturated carbocycles. The van der Waals surface area contributed by atoms with Gasteiger partial charge in [-0.15, -0.1) is 0 Å². The number of benzene rings is 2. The van der Waals surface area contributed by atoms with E-state index in [1.165, 1.54) is 22.5 Å². The summed E-state index contributed by atoms with van der Waals surface area (Å²) in [4.78, 5) is 6.54. The first kappa shape index (κ1) is 20.2. The Hall–Kier alpha value is -2.13. The number of hydrogen-bond acceptors (Lipinski definition) is 6. The van der Waals surface area contributed by atoms with Gasteiger partial charge in [0.1, 0.15) is 0 Å². The average molecular weight is 452 g/mol. The number of aryl methyl sites for hydroxylation is 1. The van der Waals surface area contributed by atoms with Crippen LogP contribution in [-0.4, -0.2) is 49.0 Å². The van der Waals surface area contributed by atoms with Crippen molar-refractivity contribution in [1.82, 2.24) is 14.4 Å². The van der Waals surface area contributed by atoms with Crippen LogP contribution in [0, 0.1) is 13.0 Å². The molecule has 2 aromatic carbocycles.